The number of para-hydroxylation sites is 1. The summed E-state index contributed by atoms with van der Waals surface area (Å²) in [6.45, 7) is 8.73. The number of anilines is 2. The van der Waals surface area contributed by atoms with Gasteiger partial charge in [-0.25, -0.2) is 4.98 Å². The number of aryl methyl sites for hydroxylation is 3. The van der Waals surface area contributed by atoms with E-state index in [0.717, 1.165) is 30.3 Å². The third-order valence-corrected chi connectivity index (χ3v) is 6.95. The van der Waals surface area contributed by atoms with Gasteiger partial charge in [-0.05, 0) is 81.7 Å². The van der Waals surface area contributed by atoms with E-state index < -0.39 is 0 Å². The molecule has 0 amide bonds. The van der Waals surface area contributed by atoms with Crippen LogP contribution in [-0.4, -0.2) is 31.7 Å². The smallest absolute Gasteiger partial charge is 0.128 e. The van der Waals surface area contributed by atoms with Crippen LogP contribution in [0, 0.1) is 26.7 Å². The van der Waals surface area contributed by atoms with E-state index in [1.54, 1.807) is 0 Å². The first-order chi connectivity index (χ1) is 15.4. The number of aromatic nitrogens is 1. The Hall–Kier alpha value is -2.59. The minimum Gasteiger partial charge on any atom is -0.377 e. The molecule has 2 N–H and O–H groups in total. The SMILES string of the molecule is Cc1cc(C)c(CNCC2CCC(Nc3cc(N(C)C)c4ccccc4n3)CC2)c(C)c1. The molecule has 4 nitrogen and oxygen atoms in total. The average Bonchev–Trinajstić information content (AvgIpc) is 2.76. The van der Waals surface area contributed by atoms with Crippen molar-refractivity contribution in [2.45, 2.75) is 59.0 Å². The van der Waals surface area contributed by atoms with Crippen LogP contribution in [0.4, 0.5) is 11.5 Å². The standard InChI is InChI=1S/C28H38N4/c1-19-14-20(2)25(21(3)15-19)18-29-17-22-10-12-23(13-11-22)30-28-16-27(32(4)5)24-8-6-7-9-26(24)31-28/h6-9,14-16,22-23,29H,10-13,17-18H2,1-5H3,(H,30,31). The Morgan fingerprint density at radius 3 is 2.31 bits per heavy atom. The summed E-state index contributed by atoms with van der Waals surface area (Å²) >= 11 is 0. The molecule has 1 aromatic heterocycles. The molecule has 0 saturated heterocycles. The molecule has 2 aromatic carbocycles. The fourth-order valence-electron chi connectivity index (χ4n) is 5.21. The van der Waals surface area contributed by atoms with Crippen molar-refractivity contribution in [3.63, 3.8) is 0 Å². The van der Waals surface area contributed by atoms with Crippen molar-refractivity contribution in [3.05, 3.63) is 64.7 Å². The van der Waals surface area contributed by atoms with Crippen molar-refractivity contribution in [2.75, 3.05) is 30.9 Å². The van der Waals surface area contributed by atoms with Crippen LogP contribution in [-0.2, 0) is 6.54 Å². The Labute approximate surface area is 193 Å². The summed E-state index contributed by atoms with van der Waals surface area (Å²) in [5, 5.41) is 8.68. The molecular weight excluding hydrogens is 392 g/mol. The third kappa shape index (κ3) is 5.24. The van der Waals surface area contributed by atoms with Crippen LogP contribution >= 0.6 is 0 Å². The van der Waals surface area contributed by atoms with Crippen LogP contribution in [0.1, 0.15) is 47.9 Å². The van der Waals surface area contributed by atoms with E-state index >= 15 is 0 Å². The van der Waals surface area contributed by atoms with Gasteiger partial charge >= 0.3 is 0 Å². The van der Waals surface area contributed by atoms with Gasteiger partial charge < -0.3 is 15.5 Å². The minimum atomic E-state index is 0.511. The topological polar surface area (TPSA) is 40.2 Å². The highest BCUT2D eigenvalue weighted by molar-refractivity contribution is 5.93. The van der Waals surface area contributed by atoms with E-state index in [1.165, 1.54) is 59.0 Å². The largest absolute Gasteiger partial charge is 0.377 e. The minimum absolute atomic E-state index is 0.511. The van der Waals surface area contributed by atoms with Crippen LogP contribution in [0.2, 0.25) is 0 Å². The summed E-state index contributed by atoms with van der Waals surface area (Å²) < 4.78 is 0. The van der Waals surface area contributed by atoms with Crippen molar-refractivity contribution in [2.24, 2.45) is 5.92 Å². The maximum Gasteiger partial charge on any atom is 0.128 e. The molecule has 0 atom stereocenters. The fraction of sp³-hybridized carbons (Fsp3) is 0.464. The Morgan fingerprint density at radius 1 is 0.938 bits per heavy atom. The molecule has 0 radical (unpaired) electrons. The van der Waals surface area contributed by atoms with E-state index in [2.05, 4.69) is 92.9 Å². The Kier molecular flexibility index (Phi) is 7.00. The molecule has 1 saturated carbocycles. The van der Waals surface area contributed by atoms with Gasteiger partial charge in [0.15, 0.2) is 0 Å². The maximum absolute atomic E-state index is 4.89. The van der Waals surface area contributed by atoms with E-state index in [4.69, 9.17) is 4.98 Å². The van der Waals surface area contributed by atoms with Crippen molar-refractivity contribution in [1.29, 1.82) is 0 Å². The Morgan fingerprint density at radius 2 is 1.62 bits per heavy atom. The molecule has 0 aliphatic heterocycles. The lowest BCUT2D eigenvalue weighted by Crippen LogP contribution is -2.31. The zero-order chi connectivity index (χ0) is 22.7. The summed E-state index contributed by atoms with van der Waals surface area (Å²) in [7, 11) is 4.20. The summed E-state index contributed by atoms with van der Waals surface area (Å²) in [4.78, 5) is 7.06. The van der Waals surface area contributed by atoms with Gasteiger partial charge in [0.2, 0.25) is 0 Å². The number of hydrogen-bond acceptors (Lipinski definition) is 4. The van der Waals surface area contributed by atoms with Crippen LogP contribution in [0.15, 0.2) is 42.5 Å². The Balaban J connectivity index is 1.30. The zero-order valence-electron chi connectivity index (χ0n) is 20.3. The number of rotatable bonds is 7. The average molecular weight is 431 g/mol. The second-order valence-corrected chi connectivity index (χ2v) is 9.81. The highest BCUT2D eigenvalue weighted by Crippen LogP contribution is 2.30. The molecule has 1 heterocycles. The molecule has 1 fully saturated rings. The molecule has 3 aromatic rings. The Bertz CT molecular complexity index is 1040. The summed E-state index contributed by atoms with van der Waals surface area (Å²) in [5.41, 5.74) is 7.91. The molecule has 1 aliphatic carbocycles. The van der Waals surface area contributed by atoms with E-state index in [-0.39, 0.29) is 0 Å². The highest BCUT2D eigenvalue weighted by atomic mass is 15.1. The zero-order valence-corrected chi connectivity index (χ0v) is 20.3. The molecule has 0 spiro atoms. The molecule has 0 unspecified atom stereocenters. The first-order valence-corrected chi connectivity index (χ1v) is 12.0. The van der Waals surface area contributed by atoms with Crippen LogP contribution < -0.4 is 15.5 Å². The lowest BCUT2D eigenvalue weighted by molar-refractivity contribution is 0.324. The lowest BCUT2D eigenvalue weighted by atomic mass is 9.86. The van der Waals surface area contributed by atoms with Gasteiger partial charge in [0.1, 0.15) is 5.82 Å². The van der Waals surface area contributed by atoms with Gasteiger partial charge in [-0.3, -0.25) is 0 Å². The number of hydrogen-bond donors (Lipinski definition) is 2. The summed E-state index contributed by atoms with van der Waals surface area (Å²) in [6, 6.07) is 15.7. The monoisotopic (exact) mass is 430 g/mol. The van der Waals surface area contributed by atoms with Gasteiger partial charge in [-0.2, -0.15) is 0 Å². The molecule has 32 heavy (non-hydrogen) atoms. The molecule has 4 rings (SSSR count). The summed E-state index contributed by atoms with van der Waals surface area (Å²) in [5.74, 6) is 1.76. The molecule has 1 aliphatic rings. The maximum atomic E-state index is 4.89. The van der Waals surface area contributed by atoms with Crippen molar-refractivity contribution >= 4 is 22.4 Å². The van der Waals surface area contributed by atoms with Crippen LogP contribution in [0.25, 0.3) is 10.9 Å². The van der Waals surface area contributed by atoms with Crippen LogP contribution in [0.5, 0.6) is 0 Å². The van der Waals surface area contributed by atoms with Gasteiger partial charge in [-0.15, -0.1) is 0 Å². The first-order valence-electron chi connectivity index (χ1n) is 12.0. The molecule has 170 valence electrons. The van der Waals surface area contributed by atoms with Crippen molar-refractivity contribution in [3.8, 4) is 0 Å². The van der Waals surface area contributed by atoms with E-state index in [0.29, 0.717) is 6.04 Å². The molecule has 0 bridgehead atoms. The van der Waals surface area contributed by atoms with E-state index in [1.807, 2.05) is 0 Å². The van der Waals surface area contributed by atoms with Gasteiger partial charge in [0.25, 0.3) is 0 Å². The number of benzene rings is 2. The summed E-state index contributed by atoms with van der Waals surface area (Å²) in [6.07, 6.45) is 4.96. The second-order valence-electron chi connectivity index (χ2n) is 9.81. The van der Waals surface area contributed by atoms with Gasteiger partial charge in [-0.1, -0.05) is 35.9 Å². The van der Waals surface area contributed by atoms with Gasteiger partial charge in [0.05, 0.1) is 5.52 Å². The van der Waals surface area contributed by atoms with Gasteiger partial charge in [0, 0.05) is 43.8 Å². The quantitative estimate of drug-likeness (QED) is 0.483. The number of fused-ring (bicyclic) bond motifs is 1. The second kappa shape index (κ2) is 9.91. The highest BCUT2D eigenvalue weighted by Gasteiger charge is 2.21. The number of nitrogens with zero attached hydrogens (tertiary/aromatic N) is 2. The first kappa shape index (κ1) is 22.6. The van der Waals surface area contributed by atoms with Crippen LogP contribution in [0.3, 0.4) is 0 Å². The van der Waals surface area contributed by atoms with E-state index in [9.17, 15) is 0 Å². The molecular formula is C28H38N4. The third-order valence-electron chi connectivity index (χ3n) is 6.95. The molecule has 4 heteroatoms. The van der Waals surface area contributed by atoms with Crippen molar-refractivity contribution < 1.29 is 0 Å². The lowest BCUT2D eigenvalue weighted by Gasteiger charge is -2.30. The predicted octanol–water partition coefficient (Wildman–Crippen LogP) is 5.99. The predicted molar refractivity (Wildman–Crippen MR) is 138 cm³/mol. The normalized spacial score (nSPS) is 18.7. The fourth-order valence-corrected chi connectivity index (χ4v) is 5.21. The van der Waals surface area contributed by atoms with Crippen molar-refractivity contribution in [1.82, 2.24) is 10.3 Å². The number of nitrogens with one attached hydrogen (secondary N) is 2. The number of pyridine rings is 1.